The van der Waals surface area contributed by atoms with Crippen LogP contribution < -0.4 is 5.32 Å². The van der Waals surface area contributed by atoms with Crippen molar-refractivity contribution in [3.05, 3.63) is 87.4 Å². The molecule has 29 heavy (non-hydrogen) atoms. The summed E-state index contributed by atoms with van der Waals surface area (Å²) >= 11 is 1.86. The number of aromatic nitrogens is 1. The van der Waals surface area contributed by atoms with Crippen molar-refractivity contribution in [2.75, 3.05) is 13.1 Å². The van der Waals surface area contributed by atoms with Crippen molar-refractivity contribution in [3.8, 4) is 0 Å². The summed E-state index contributed by atoms with van der Waals surface area (Å²) in [5.74, 6) is 0.454. The van der Waals surface area contributed by atoms with Crippen LogP contribution in [0.3, 0.4) is 0 Å². The van der Waals surface area contributed by atoms with Crippen molar-refractivity contribution in [3.63, 3.8) is 0 Å². The molecule has 0 bridgehead atoms. The van der Waals surface area contributed by atoms with E-state index < -0.39 is 0 Å². The number of hydrogen-bond acceptors (Lipinski definition) is 4. The van der Waals surface area contributed by atoms with Crippen molar-refractivity contribution < 1.29 is 4.79 Å². The maximum Gasteiger partial charge on any atom is 0.253 e. The zero-order valence-electron chi connectivity index (χ0n) is 16.4. The highest BCUT2D eigenvalue weighted by atomic mass is 32.1. The fourth-order valence-corrected chi connectivity index (χ4v) is 5.14. The number of amides is 1. The van der Waals surface area contributed by atoms with Gasteiger partial charge >= 0.3 is 0 Å². The summed E-state index contributed by atoms with van der Waals surface area (Å²) in [5.41, 5.74) is 4.37. The highest BCUT2D eigenvalue weighted by Gasteiger charge is 2.30. The molecule has 4 nitrogen and oxygen atoms in total. The summed E-state index contributed by atoms with van der Waals surface area (Å²) in [6.45, 7) is 2.55. The largest absolute Gasteiger partial charge is 0.350 e. The Balaban J connectivity index is 1.35. The summed E-state index contributed by atoms with van der Waals surface area (Å²) in [4.78, 5) is 21.5. The molecule has 1 aliphatic heterocycles. The summed E-state index contributed by atoms with van der Waals surface area (Å²) in [7, 11) is 0. The smallest absolute Gasteiger partial charge is 0.253 e. The summed E-state index contributed by atoms with van der Waals surface area (Å²) in [6.07, 6.45) is 5.16. The molecule has 1 atom stereocenters. The van der Waals surface area contributed by atoms with Crippen LogP contribution in [0.2, 0.25) is 0 Å². The first-order valence-corrected chi connectivity index (χ1v) is 11.2. The van der Waals surface area contributed by atoms with E-state index in [0.29, 0.717) is 12.5 Å². The Hall–Kier alpha value is -2.50. The average Bonchev–Trinajstić information content (AvgIpc) is 3.51. The Bertz CT molecular complexity index is 996. The van der Waals surface area contributed by atoms with E-state index in [1.54, 1.807) is 6.20 Å². The summed E-state index contributed by atoms with van der Waals surface area (Å²) in [6, 6.07) is 16.7. The molecule has 2 aliphatic rings. The fourth-order valence-electron chi connectivity index (χ4n) is 4.25. The van der Waals surface area contributed by atoms with Crippen LogP contribution in [0.5, 0.6) is 0 Å². The number of thiophene rings is 1. The van der Waals surface area contributed by atoms with Crippen LogP contribution in [0.25, 0.3) is 0 Å². The van der Waals surface area contributed by atoms with Gasteiger partial charge in [-0.1, -0.05) is 30.3 Å². The van der Waals surface area contributed by atoms with E-state index in [1.807, 2.05) is 29.5 Å². The van der Waals surface area contributed by atoms with E-state index in [9.17, 15) is 4.79 Å². The second-order valence-corrected chi connectivity index (χ2v) is 8.94. The lowest BCUT2D eigenvalue weighted by atomic mass is 10.0. The SMILES string of the molecule is O=C(NCC(c1ccccc1)N1CCc2sccc2C1)c1cccnc1C1CC1. The maximum absolute atomic E-state index is 13.0. The Kier molecular flexibility index (Phi) is 5.17. The molecule has 1 amide bonds. The van der Waals surface area contributed by atoms with Crippen LogP contribution in [0.4, 0.5) is 0 Å². The van der Waals surface area contributed by atoms with Crippen LogP contribution in [-0.4, -0.2) is 28.9 Å². The quantitative estimate of drug-likeness (QED) is 0.657. The van der Waals surface area contributed by atoms with Crippen molar-refractivity contribution in [2.45, 2.75) is 37.8 Å². The van der Waals surface area contributed by atoms with Gasteiger partial charge in [0.15, 0.2) is 0 Å². The molecule has 148 valence electrons. The van der Waals surface area contributed by atoms with Gasteiger partial charge in [0.1, 0.15) is 0 Å². The number of pyridine rings is 1. The molecule has 0 radical (unpaired) electrons. The van der Waals surface area contributed by atoms with E-state index in [1.165, 1.54) is 16.0 Å². The van der Waals surface area contributed by atoms with Crippen molar-refractivity contribution in [1.29, 1.82) is 0 Å². The molecule has 5 heteroatoms. The number of carbonyl (C=O) groups excluding carboxylic acids is 1. The van der Waals surface area contributed by atoms with Crippen LogP contribution in [-0.2, 0) is 13.0 Å². The third-order valence-electron chi connectivity index (χ3n) is 5.97. The molecule has 3 heterocycles. The molecule has 1 fully saturated rings. The average molecular weight is 404 g/mol. The van der Waals surface area contributed by atoms with E-state index in [4.69, 9.17) is 0 Å². The van der Waals surface area contributed by atoms with Gasteiger partial charge in [-0.2, -0.15) is 0 Å². The van der Waals surface area contributed by atoms with Gasteiger partial charge in [0.05, 0.1) is 17.3 Å². The molecule has 2 aromatic heterocycles. The number of hydrogen-bond donors (Lipinski definition) is 1. The van der Waals surface area contributed by atoms with Gasteiger partial charge in [-0.05, 0) is 54.0 Å². The minimum absolute atomic E-state index is 0.00540. The Morgan fingerprint density at radius 3 is 2.86 bits per heavy atom. The molecule has 1 aliphatic carbocycles. The predicted molar refractivity (Wildman–Crippen MR) is 116 cm³/mol. The molecule has 1 aromatic carbocycles. The van der Waals surface area contributed by atoms with E-state index in [2.05, 4.69) is 50.9 Å². The first kappa shape index (κ1) is 18.5. The number of benzene rings is 1. The summed E-state index contributed by atoms with van der Waals surface area (Å²) in [5, 5.41) is 5.41. The van der Waals surface area contributed by atoms with E-state index in [-0.39, 0.29) is 11.9 Å². The van der Waals surface area contributed by atoms with Gasteiger partial charge in [-0.25, -0.2) is 0 Å². The standard InChI is InChI=1S/C24H25N3OS/c28-24(20-7-4-12-25-23(20)18-8-9-18)26-15-21(17-5-2-1-3-6-17)27-13-10-22-19(16-27)11-14-29-22/h1-7,11-12,14,18,21H,8-10,13,15-16H2,(H,26,28). The fraction of sp³-hybridized carbons (Fsp3) is 0.333. The Labute approximate surface area is 175 Å². The number of fused-ring (bicyclic) bond motifs is 1. The highest BCUT2D eigenvalue weighted by molar-refractivity contribution is 7.10. The maximum atomic E-state index is 13.0. The number of nitrogens with zero attached hydrogens (tertiary/aromatic N) is 2. The molecule has 3 aromatic rings. The lowest BCUT2D eigenvalue weighted by Crippen LogP contribution is -2.40. The van der Waals surface area contributed by atoms with Gasteiger partial charge in [-0.3, -0.25) is 14.7 Å². The number of carbonyl (C=O) groups is 1. The Morgan fingerprint density at radius 2 is 2.03 bits per heavy atom. The molecular formula is C24H25N3OS. The van der Waals surface area contributed by atoms with Gasteiger partial charge in [0, 0.05) is 36.6 Å². The second-order valence-electron chi connectivity index (χ2n) is 7.94. The Morgan fingerprint density at radius 1 is 1.17 bits per heavy atom. The van der Waals surface area contributed by atoms with Gasteiger partial charge in [0.2, 0.25) is 0 Å². The molecule has 0 spiro atoms. The normalized spacial score (nSPS) is 17.5. The molecule has 1 saturated carbocycles. The van der Waals surface area contributed by atoms with Gasteiger partial charge in [-0.15, -0.1) is 11.3 Å². The van der Waals surface area contributed by atoms with Crippen molar-refractivity contribution >= 4 is 17.2 Å². The molecule has 0 saturated heterocycles. The third-order valence-corrected chi connectivity index (χ3v) is 6.99. The zero-order chi connectivity index (χ0) is 19.6. The van der Waals surface area contributed by atoms with E-state index in [0.717, 1.165) is 43.6 Å². The highest BCUT2D eigenvalue weighted by Crippen LogP contribution is 2.40. The molecule has 1 N–H and O–H groups in total. The van der Waals surface area contributed by atoms with Gasteiger partial charge in [0.25, 0.3) is 5.91 Å². The lowest BCUT2D eigenvalue weighted by Gasteiger charge is -2.35. The minimum atomic E-state index is -0.00540. The van der Waals surface area contributed by atoms with Crippen LogP contribution in [0.1, 0.15) is 56.9 Å². The van der Waals surface area contributed by atoms with E-state index >= 15 is 0 Å². The summed E-state index contributed by atoms with van der Waals surface area (Å²) < 4.78 is 0. The molecule has 5 rings (SSSR count). The van der Waals surface area contributed by atoms with Gasteiger partial charge < -0.3 is 5.32 Å². The number of nitrogens with one attached hydrogen (secondary N) is 1. The van der Waals surface area contributed by atoms with Crippen molar-refractivity contribution in [2.24, 2.45) is 0 Å². The first-order valence-electron chi connectivity index (χ1n) is 10.4. The van der Waals surface area contributed by atoms with Crippen LogP contribution in [0.15, 0.2) is 60.1 Å². The zero-order valence-corrected chi connectivity index (χ0v) is 17.2. The number of rotatable bonds is 6. The first-order chi connectivity index (χ1) is 14.3. The third kappa shape index (κ3) is 3.98. The second kappa shape index (κ2) is 8.09. The van der Waals surface area contributed by atoms with Crippen LogP contribution in [0, 0.1) is 0 Å². The minimum Gasteiger partial charge on any atom is -0.350 e. The topological polar surface area (TPSA) is 45.2 Å². The molecular weight excluding hydrogens is 378 g/mol. The van der Waals surface area contributed by atoms with Crippen molar-refractivity contribution in [1.82, 2.24) is 15.2 Å². The van der Waals surface area contributed by atoms with Crippen LogP contribution >= 0.6 is 11.3 Å². The lowest BCUT2D eigenvalue weighted by molar-refractivity contribution is 0.0926. The molecule has 1 unspecified atom stereocenters. The predicted octanol–water partition coefficient (Wildman–Crippen LogP) is 4.55. The monoisotopic (exact) mass is 403 g/mol.